The van der Waals surface area contributed by atoms with Gasteiger partial charge in [0.05, 0.1) is 33.5 Å². The molecule has 0 aliphatic rings. The van der Waals surface area contributed by atoms with Gasteiger partial charge in [0.25, 0.3) is 11.6 Å². The monoisotopic (exact) mass is 374 g/mol. The van der Waals surface area contributed by atoms with Crippen LogP contribution >= 0.6 is 0 Å². The third kappa shape index (κ3) is 3.28. The number of amides is 1. The van der Waals surface area contributed by atoms with Crippen molar-refractivity contribution in [3.8, 4) is 5.69 Å². The molecule has 2 aromatic heterocycles. The van der Waals surface area contributed by atoms with Crippen LogP contribution in [0.25, 0.3) is 16.7 Å². The van der Waals surface area contributed by atoms with Crippen molar-refractivity contribution in [1.29, 1.82) is 0 Å². The number of nitro benzene ring substituents is 1. The summed E-state index contributed by atoms with van der Waals surface area (Å²) in [5, 5.41) is 18.0. The van der Waals surface area contributed by atoms with E-state index in [-0.39, 0.29) is 11.4 Å². The lowest BCUT2D eigenvalue weighted by Gasteiger charge is -2.09. The number of carbonyl (C=O) groups excluding carboxylic acids is 1. The van der Waals surface area contributed by atoms with Gasteiger partial charge in [-0.3, -0.25) is 19.9 Å². The maximum Gasteiger partial charge on any atom is 0.277 e. The van der Waals surface area contributed by atoms with Crippen LogP contribution in [0.5, 0.6) is 0 Å². The van der Waals surface area contributed by atoms with Crippen molar-refractivity contribution in [1.82, 2.24) is 19.7 Å². The van der Waals surface area contributed by atoms with Gasteiger partial charge in [-0.25, -0.2) is 9.67 Å². The number of non-ortho nitro benzene ring substituents is 1. The number of nitrogens with zero attached hydrogens (tertiary/aromatic N) is 5. The highest BCUT2D eigenvalue weighted by Gasteiger charge is 2.15. The average Bonchev–Trinajstić information content (AvgIpc) is 3.07. The summed E-state index contributed by atoms with van der Waals surface area (Å²) in [5.74, 6) is -0.00683. The first kappa shape index (κ1) is 17.3. The number of aryl methyl sites for hydroxylation is 1. The molecule has 1 amide bonds. The Morgan fingerprint density at radius 3 is 2.54 bits per heavy atom. The number of aromatic nitrogens is 4. The van der Waals surface area contributed by atoms with E-state index in [1.807, 2.05) is 18.2 Å². The highest BCUT2D eigenvalue weighted by atomic mass is 16.6. The van der Waals surface area contributed by atoms with Gasteiger partial charge in [-0.1, -0.05) is 12.1 Å². The van der Waals surface area contributed by atoms with Crippen molar-refractivity contribution in [2.75, 3.05) is 5.32 Å². The van der Waals surface area contributed by atoms with Gasteiger partial charge in [-0.15, -0.1) is 0 Å². The minimum absolute atomic E-state index is 0.0235. The summed E-state index contributed by atoms with van der Waals surface area (Å²) >= 11 is 0. The molecule has 0 saturated carbocycles. The van der Waals surface area contributed by atoms with Gasteiger partial charge in [0.2, 0.25) is 0 Å². The van der Waals surface area contributed by atoms with E-state index in [2.05, 4.69) is 20.4 Å². The van der Waals surface area contributed by atoms with Crippen LogP contribution in [-0.4, -0.2) is 30.6 Å². The summed E-state index contributed by atoms with van der Waals surface area (Å²) in [6.45, 7) is 1.79. The molecule has 28 heavy (non-hydrogen) atoms. The van der Waals surface area contributed by atoms with E-state index in [9.17, 15) is 14.9 Å². The Labute approximate surface area is 158 Å². The van der Waals surface area contributed by atoms with Gasteiger partial charge < -0.3 is 5.32 Å². The lowest BCUT2D eigenvalue weighted by Crippen LogP contribution is -2.16. The van der Waals surface area contributed by atoms with E-state index >= 15 is 0 Å². The van der Waals surface area contributed by atoms with Gasteiger partial charge in [0.15, 0.2) is 0 Å². The molecule has 0 saturated heterocycles. The molecule has 0 aliphatic heterocycles. The molecule has 9 heteroatoms. The van der Waals surface area contributed by atoms with Crippen molar-refractivity contribution < 1.29 is 9.72 Å². The Kier molecular flexibility index (Phi) is 4.24. The van der Waals surface area contributed by atoms with E-state index in [0.29, 0.717) is 28.2 Å². The molecule has 0 spiro atoms. The fourth-order valence-electron chi connectivity index (χ4n) is 2.75. The minimum Gasteiger partial charge on any atom is -0.305 e. The first-order valence-electron chi connectivity index (χ1n) is 8.36. The highest BCUT2D eigenvalue weighted by Crippen LogP contribution is 2.20. The van der Waals surface area contributed by atoms with E-state index in [0.717, 1.165) is 0 Å². The molecule has 0 unspecified atom stereocenters. The highest BCUT2D eigenvalue weighted by molar-refractivity contribution is 6.03. The summed E-state index contributed by atoms with van der Waals surface area (Å²) < 4.78 is 1.51. The average molecular weight is 374 g/mol. The fourth-order valence-corrected chi connectivity index (χ4v) is 2.75. The third-order valence-corrected chi connectivity index (χ3v) is 4.06. The van der Waals surface area contributed by atoms with Gasteiger partial charge in [-0.2, -0.15) is 5.10 Å². The molecule has 2 aromatic carbocycles. The molecular formula is C19H14N6O3. The number of rotatable bonds is 4. The summed E-state index contributed by atoms with van der Waals surface area (Å²) in [5.41, 5.74) is 2.73. The number of nitrogens with one attached hydrogen (secondary N) is 1. The first-order chi connectivity index (χ1) is 13.5. The van der Waals surface area contributed by atoms with Crippen LogP contribution in [0.4, 0.5) is 11.5 Å². The molecule has 2 heterocycles. The van der Waals surface area contributed by atoms with Crippen LogP contribution in [0.2, 0.25) is 0 Å². The van der Waals surface area contributed by atoms with Gasteiger partial charge in [0.1, 0.15) is 11.5 Å². The van der Waals surface area contributed by atoms with Crippen molar-refractivity contribution in [2.24, 2.45) is 0 Å². The second-order valence-corrected chi connectivity index (χ2v) is 6.05. The summed E-state index contributed by atoms with van der Waals surface area (Å²) in [7, 11) is 0. The predicted octanol–water partition coefficient (Wildman–Crippen LogP) is 3.28. The topological polar surface area (TPSA) is 116 Å². The number of anilines is 1. The Morgan fingerprint density at radius 2 is 1.82 bits per heavy atom. The van der Waals surface area contributed by atoms with Crippen LogP contribution in [0, 0.1) is 17.0 Å². The fraction of sp³-hybridized carbons (Fsp3) is 0.0526. The molecule has 4 aromatic rings. The Morgan fingerprint density at radius 1 is 1.11 bits per heavy atom. The summed E-state index contributed by atoms with van der Waals surface area (Å²) in [4.78, 5) is 31.6. The molecule has 0 bridgehead atoms. The SMILES string of the molecule is Cc1cc(NC(=O)c2cnc3ccccc3n2)n(-c2ccc([N+](=O)[O-])cc2)n1. The Balaban J connectivity index is 1.64. The van der Waals surface area contributed by atoms with Crippen LogP contribution in [0.15, 0.2) is 60.8 Å². The quantitative estimate of drug-likeness (QED) is 0.433. The molecule has 0 radical (unpaired) electrons. The molecule has 0 fully saturated rings. The van der Waals surface area contributed by atoms with Crippen molar-refractivity contribution in [3.05, 3.63) is 82.3 Å². The standard InChI is InChI=1S/C19H14N6O3/c1-12-10-18(24(23-12)13-6-8-14(9-7-13)25(27)28)22-19(26)17-11-20-15-4-2-3-5-16(15)21-17/h2-11H,1H3,(H,22,26). The van der Waals surface area contributed by atoms with E-state index in [1.54, 1.807) is 31.2 Å². The van der Waals surface area contributed by atoms with Gasteiger partial charge in [0, 0.05) is 18.2 Å². The molecule has 4 rings (SSSR count). The van der Waals surface area contributed by atoms with Crippen molar-refractivity contribution >= 4 is 28.4 Å². The lowest BCUT2D eigenvalue weighted by molar-refractivity contribution is -0.384. The van der Waals surface area contributed by atoms with E-state index in [1.165, 1.54) is 23.0 Å². The Hall–Kier alpha value is -4.14. The van der Waals surface area contributed by atoms with Crippen LogP contribution in [0.3, 0.4) is 0 Å². The largest absolute Gasteiger partial charge is 0.305 e. The van der Waals surface area contributed by atoms with Gasteiger partial charge in [-0.05, 0) is 31.2 Å². The predicted molar refractivity (Wildman–Crippen MR) is 102 cm³/mol. The molecule has 0 aliphatic carbocycles. The summed E-state index contributed by atoms with van der Waals surface area (Å²) in [6, 6.07) is 14.9. The maximum atomic E-state index is 12.6. The normalized spacial score (nSPS) is 10.8. The van der Waals surface area contributed by atoms with Crippen molar-refractivity contribution in [3.63, 3.8) is 0 Å². The molecule has 0 atom stereocenters. The second kappa shape index (κ2) is 6.88. The van der Waals surface area contributed by atoms with Crippen LogP contribution in [0.1, 0.15) is 16.2 Å². The number of hydrogen-bond acceptors (Lipinski definition) is 6. The number of hydrogen-bond donors (Lipinski definition) is 1. The zero-order valence-corrected chi connectivity index (χ0v) is 14.7. The molecule has 138 valence electrons. The maximum absolute atomic E-state index is 12.6. The van der Waals surface area contributed by atoms with Gasteiger partial charge >= 0.3 is 0 Å². The second-order valence-electron chi connectivity index (χ2n) is 6.05. The number of benzene rings is 2. The van der Waals surface area contributed by atoms with Crippen LogP contribution < -0.4 is 5.32 Å². The summed E-state index contributed by atoms with van der Waals surface area (Å²) in [6.07, 6.45) is 1.41. The number of para-hydroxylation sites is 2. The van der Waals surface area contributed by atoms with E-state index < -0.39 is 10.8 Å². The van der Waals surface area contributed by atoms with Crippen LogP contribution in [-0.2, 0) is 0 Å². The zero-order valence-electron chi connectivity index (χ0n) is 14.7. The molecular weight excluding hydrogens is 360 g/mol. The zero-order chi connectivity index (χ0) is 19.7. The molecule has 1 N–H and O–H groups in total. The van der Waals surface area contributed by atoms with Crippen molar-refractivity contribution in [2.45, 2.75) is 6.92 Å². The third-order valence-electron chi connectivity index (χ3n) is 4.06. The van der Waals surface area contributed by atoms with E-state index in [4.69, 9.17) is 0 Å². The lowest BCUT2D eigenvalue weighted by atomic mass is 10.3. The minimum atomic E-state index is -0.473. The Bertz CT molecular complexity index is 1200. The first-order valence-corrected chi connectivity index (χ1v) is 8.36. The number of carbonyl (C=O) groups is 1. The number of nitro groups is 1. The number of fused-ring (bicyclic) bond motifs is 1. The smallest absolute Gasteiger partial charge is 0.277 e. The molecule has 9 nitrogen and oxygen atoms in total.